The molecule has 1 aromatic rings. The molecule has 0 aromatic carbocycles. The number of thiophene rings is 1. The molecule has 18 heavy (non-hydrogen) atoms. The van der Waals surface area contributed by atoms with Gasteiger partial charge in [0.1, 0.15) is 10.5 Å². The van der Waals surface area contributed by atoms with Crippen LogP contribution in [0.3, 0.4) is 0 Å². The zero-order chi connectivity index (χ0) is 12.9. The third kappa shape index (κ3) is 1.58. The Bertz CT molecular complexity index is 583. The Morgan fingerprint density at radius 3 is 2.94 bits per heavy atom. The van der Waals surface area contributed by atoms with Crippen molar-refractivity contribution < 1.29 is 4.79 Å². The van der Waals surface area contributed by atoms with E-state index in [-0.39, 0.29) is 11.6 Å². The number of fused-ring (bicyclic) bond motifs is 1. The zero-order valence-corrected chi connectivity index (χ0v) is 11.5. The molecule has 3 heterocycles. The third-order valence-electron chi connectivity index (χ3n) is 3.47. The maximum atomic E-state index is 12.1. The van der Waals surface area contributed by atoms with Crippen LogP contribution >= 0.6 is 11.3 Å². The molecule has 5 heteroatoms. The van der Waals surface area contributed by atoms with Gasteiger partial charge in [-0.2, -0.15) is 0 Å². The van der Waals surface area contributed by atoms with Crippen molar-refractivity contribution >= 4 is 34.7 Å². The summed E-state index contributed by atoms with van der Waals surface area (Å²) in [5.74, 6) is 0.0138. The number of carbonyl (C=O) groups is 1. The molecular formula is C13H15N3OS. The minimum absolute atomic E-state index is 0.0138. The van der Waals surface area contributed by atoms with Crippen LogP contribution < -0.4 is 10.2 Å². The summed E-state index contributed by atoms with van der Waals surface area (Å²) in [6.45, 7) is 4.74. The van der Waals surface area contributed by atoms with E-state index in [1.165, 1.54) is 11.3 Å². The zero-order valence-electron chi connectivity index (χ0n) is 10.7. The average Bonchev–Trinajstić information content (AvgIpc) is 2.94. The van der Waals surface area contributed by atoms with E-state index in [0.717, 1.165) is 27.6 Å². The van der Waals surface area contributed by atoms with Crippen LogP contribution in [0.4, 0.5) is 5.69 Å². The van der Waals surface area contributed by atoms with Crippen LogP contribution in [0.5, 0.6) is 0 Å². The molecular weight excluding hydrogens is 246 g/mol. The topological polar surface area (TPSA) is 44.7 Å². The van der Waals surface area contributed by atoms with Gasteiger partial charge in [0.25, 0.3) is 5.91 Å². The molecule has 0 saturated heterocycles. The van der Waals surface area contributed by atoms with Crippen LogP contribution in [-0.4, -0.2) is 31.4 Å². The van der Waals surface area contributed by atoms with Crippen molar-refractivity contribution in [3.05, 3.63) is 21.9 Å². The number of nitrogens with zero attached hydrogens (tertiary/aromatic N) is 2. The number of nitrogens with one attached hydrogen (secondary N) is 1. The maximum absolute atomic E-state index is 12.1. The van der Waals surface area contributed by atoms with E-state index in [2.05, 4.69) is 27.4 Å². The first-order chi connectivity index (χ1) is 8.49. The van der Waals surface area contributed by atoms with Crippen molar-refractivity contribution in [3.63, 3.8) is 0 Å². The summed E-state index contributed by atoms with van der Waals surface area (Å²) in [5.41, 5.74) is 1.78. The van der Waals surface area contributed by atoms with E-state index in [1.54, 1.807) is 0 Å². The SMILES string of the molecule is CN1c2cc(C3=CCN=C3)sc2C(=O)NC1(C)C. The summed E-state index contributed by atoms with van der Waals surface area (Å²) in [7, 11) is 2.01. The molecule has 1 amide bonds. The van der Waals surface area contributed by atoms with Gasteiger partial charge in [-0.3, -0.25) is 9.79 Å². The second-order valence-corrected chi connectivity index (χ2v) is 6.10. The summed E-state index contributed by atoms with van der Waals surface area (Å²) in [6.07, 6.45) is 3.96. The highest BCUT2D eigenvalue weighted by atomic mass is 32.1. The van der Waals surface area contributed by atoms with Gasteiger partial charge in [0, 0.05) is 23.7 Å². The molecule has 0 unspecified atom stereocenters. The number of carbonyl (C=O) groups excluding carboxylic acids is 1. The molecule has 4 nitrogen and oxygen atoms in total. The highest BCUT2D eigenvalue weighted by Gasteiger charge is 2.36. The first-order valence-corrected chi connectivity index (χ1v) is 6.71. The monoisotopic (exact) mass is 261 g/mol. The number of aliphatic imine (C=N–C) groups is 1. The molecule has 0 fully saturated rings. The first-order valence-electron chi connectivity index (χ1n) is 5.89. The summed E-state index contributed by atoms with van der Waals surface area (Å²) in [6, 6.07) is 2.09. The second kappa shape index (κ2) is 3.68. The van der Waals surface area contributed by atoms with Crippen molar-refractivity contribution in [2.24, 2.45) is 4.99 Å². The molecule has 0 saturated carbocycles. The molecule has 3 rings (SSSR count). The van der Waals surface area contributed by atoms with Crippen molar-refractivity contribution in [1.29, 1.82) is 0 Å². The van der Waals surface area contributed by atoms with Gasteiger partial charge in [0.15, 0.2) is 0 Å². The molecule has 94 valence electrons. The molecule has 0 spiro atoms. The largest absolute Gasteiger partial charge is 0.351 e. The quantitative estimate of drug-likeness (QED) is 0.841. The fraction of sp³-hybridized carbons (Fsp3) is 0.385. The number of allylic oxidation sites excluding steroid dienone is 1. The lowest BCUT2D eigenvalue weighted by atomic mass is 10.1. The summed E-state index contributed by atoms with van der Waals surface area (Å²) in [4.78, 5) is 20.3. The van der Waals surface area contributed by atoms with Crippen molar-refractivity contribution in [2.75, 3.05) is 18.5 Å². The number of rotatable bonds is 1. The Morgan fingerprint density at radius 1 is 1.50 bits per heavy atom. The van der Waals surface area contributed by atoms with Crippen molar-refractivity contribution in [3.8, 4) is 0 Å². The van der Waals surface area contributed by atoms with E-state index in [1.807, 2.05) is 27.1 Å². The third-order valence-corrected chi connectivity index (χ3v) is 4.64. The predicted octanol–water partition coefficient (Wildman–Crippen LogP) is 2.13. The van der Waals surface area contributed by atoms with Crippen LogP contribution in [0.1, 0.15) is 28.4 Å². The number of amides is 1. The lowest BCUT2D eigenvalue weighted by Crippen LogP contribution is -2.58. The fourth-order valence-electron chi connectivity index (χ4n) is 2.17. The Hall–Kier alpha value is -1.62. The molecule has 0 aliphatic carbocycles. The van der Waals surface area contributed by atoms with E-state index >= 15 is 0 Å². The van der Waals surface area contributed by atoms with E-state index in [4.69, 9.17) is 0 Å². The smallest absolute Gasteiger partial charge is 0.265 e. The molecule has 0 atom stereocenters. The van der Waals surface area contributed by atoms with E-state index in [0.29, 0.717) is 0 Å². The van der Waals surface area contributed by atoms with Gasteiger partial charge in [0.2, 0.25) is 0 Å². The second-order valence-electron chi connectivity index (χ2n) is 5.05. The Kier molecular flexibility index (Phi) is 2.35. The molecule has 2 aliphatic heterocycles. The Morgan fingerprint density at radius 2 is 2.28 bits per heavy atom. The average molecular weight is 261 g/mol. The molecule has 0 radical (unpaired) electrons. The van der Waals surface area contributed by atoms with Crippen LogP contribution in [0.25, 0.3) is 5.57 Å². The van der Waals surface area contributed by atoms with Gasteiger partial charge in [-0.15, -0.1) is 11.3 Å². The Balaban J connectivity index is 2.09. The minimum atomic E-state index is -0.347. The highest BCUT2D eigenvalue weighted by Crippen LogP contribution is 2.38. The molecule has 1 N–H and O–H groups in total. The number of anilines is 1. The van der Waals surface area contributed by atoms with Gasteiger partial charge in [-0.1, -0.05) is 6.08 Å². The minimum Gasteiger partial charge on any atom is -0.351 e. The van der Waals surface area contributed by atoms with Gasteiger partial charge in [-0.25, -0.2) is 0 Å². The van der Waals surface area contributed by atoms with Crippen LogP contribution in [0, 0.1) is 0 Å². The van der Waals surface area contributed by atoms with Gasteiger partial charge in [-0.05, 0) is 19.9 Å². The number of hydrogen-bond acceptors (Lipinski definition) is 4. The summed E-state index contributed by atoms with van der Waals surface area (Å²) in [5, 5.41) is 3.01. The Labute approximate surface area is 110 Å². The summed E-state index contributed by atoms with van der Waals surface area (Å²) >= 11 is 1.53. The van der Waals surface area contributed by atoms with Crippen LogP contribution in [0.2, 0.25) is 0 Å². The predicted molar refractivity (Wildman–Crippen MR) is 75.6 cm³/mol. The fourth-order valence-corrected chi connectivity index (χ4v) is 3.26. The van der Waals surface area contributed by atoms with Crippen LogP contribution in [0.15, 0.2) is 17.1 Å². The number of hydrogen-bond donors (Lipinski definition) is 1. The molecule has 1 aromatic heterocycles. The molecule has 0 bridgehead atoms. The van der Waals surface area contributed by atoms with E-state index in [9.17, 15) is 4.79 Å². The standard InChI is InChI=1S/C13H15N3OS/c1-13(2)15-12(17)11-9(16(13)3)6-10(18-11)8-4-5-14-7-8/h4,6-7H,5H2,1-3H3,(H,15,17). The normalized spacial score (nSPS) is 20.7. The lowest BCUT2D eigenvalue weighted by molar-refractivity contribution is 0.0906. The molecule has 2 aliphatic rings. The van der Waals surface area contributed by atoms with Crippen molar-refractivity contribution in [1.82, 2.24) is 5.32 Å². The van der Waals surface area contributed by atoms with Gasteiger partial charge < -0.3 is 10.2 Å². The van der Waals surface area contributed by atoms with E-state index < -0.39 is 0 Å². The highest BCUT2D eigenvalue weighted by molar-refractivity contribution is 7.16. The maximum Gasteiger partial charge on any atom is 0.265 e. The van der Waals surface area contributed by atoms with Gasteiger partial charge >= 0.3 is 0 Å². The van der Waals surface area contributed by atoms with Crippen molar-refractivity contribution in [2.45, 2.75) is 19.5 Å². The van der Waals surface area contributed by atoms with Gasteiger partial charge in [0.05, 0.1) is 12.2 Å². The lowest BCUT2D eigenvalue weighted by Gasteiger charge is -2.41. The van der Waals surface area contributed by atoms with Crippen LogP contribution in [-0.2, 0) is 0 Å². The first kappa shape index (κ1) is 11.5. The summed E-state index contributed by atoms with van der Waals surface area (Å²) < 4.78 is 0.